The van der Waals surface area contributed by atoms with E-state index in [1.54, 1.807) is 11.3 Å². The van der Waals surface area contributed by atoms with Gasteiger partial charge in [-0.1, -0.05) is 23.1 Å². The highest BCUT2D eigenvalue weighted by molar-refractivity contribution is 9.10. The average molecular weight is 366 g/mol. The molecule has 0 aliphatic heterocycles. The molecule has 0 bridgehead atoms. The van der Waals surface area contributed by atoms with E-state index in [9.17, 15) is 4.79 Å². The maximum absolute atomic E-state index is 10.4. The molecule has 0 aromatic carbocycles. The number of nitrogens with zero attached hydrogens (tertiary/aromatic N) is 2. The Bertz CT molecular complexity index is 543. The van der Waals surface area contributed by atoms with Crippen LogP contribution in [0.2, 0.25) is 0 Å². The Morgan fingerprint density at radius 2 is 2.39 bits per heavy atom. The normalized spacial score (nSPS) is 10.5. The first-order valence-corrected chi connectivity index (χ1v) is 8.26. The summed E-state index contributed by atoms with van der Waals surface area (Å²) in [6.07, 6.45) is 0. The Balaban J connectivity index is 1.87. The molecule has 0 radical (unpaired) electrons. The fourth-order valence-corrected chi connectivity index (χ4v) is 3.97. The van der Waals surface area contributed by atoms with Crippen LogP contribution < -0.4 is 5.32 Å². The zero-order valence-electron chi connectivity index (χ0n) is 8.92. The van der Waals surface area contributed by atoms with E-state index < -0.39 is 5.97 Å². The van der Waals surface area contributed by atoms with Crippen molar-refractivity contribution in [1.82, 2.24) is 10.2 Å². The van der Waals surface area contributed by atoms with Gasteiger partial charge in [0.2, 0.25) is 5.13 Å². The molecule has 2 aromatic heterocycles. The number of aliphatic carboxylic acids is 1. The second-order valence-corrected chi connectivity index (χ2v) is 7.16. The third kappa shape index (κ3) is 3.94. The highest BCUT2D eigenvalue weighted by atomic mass is 79.9. The second kappa shape index (κ2) is 6.50. The topological polar surface area (TPSA) is 75.1 Å². The van der Waals surface area contributed by atoms with Gasteiger partial charge in [0, 0.05) is 9.35 Å². The molecule has 2 N–H and O–H groups in total. The molecule has 0 aliphatic rings. The lowest BCUT2D eigenvalue weighted by atomic mass is 10.5. The molecule has 0 saturated heterocycles. The highest BCUT2D eigenvalue weighted by Gasteiger charge is 2.08. The van der Waals surface area contributed by atoms with E-state index in [1.807, 2.05) is 11.4 Å². The number of hydrogen-bond acceptors (Lipinski definition) is 7. The van der Waals surface area contributed by atoms with Gasteiger partial charge >= 0.3 is 5.97 Å². The summed E-state index contributed by atoms with van der Waals surface area (Å²) in [5.74, 6) is -0.849. The van der Waals surface area contributed by atoms with Crippen LogP contribution in [-0.2, 0) is 11.3 Å². The number of hydrogen-bond donors (Lipinski definition) is 2. The lowest BCUT2D eigenvalue weighted by molar-refractivity contribution is -0.133. The minimum Gasteiger partial charge on any atom is -0.481 e. The van der Waals surface area contributed by atoms with Crippen molar-refractivity contribution in [2.24, 2.45) is 0 Å². The van der Waals surface area contributed by atoms with Crippen LogP contribution in [0, 0.1) is 0 Å². The van der Waals surface area contributed by atoms with E-state index in [1.165, 1.54) is 28.0 Å². The van der Waals surface area contributed by atoms with Crippen molar-refractivity contribution in [3.05, 3.63) is 20.8 Å². The molecule has 5 nitrogen and oxygen atoms in total. The third-order valence-corrected chi connectivity index (χ3v) is 5.74. The van der Waals surface area contributed by atoms with Crippen LogP contribution in [-0.4, -0.2) is 27.0 Å². The zero-order valence-corrected chi connectivity index (χ0v) is 13.0. The Hall–Kier alpha value is -0.640. The number of thiophene rings is 1. The molecule has 2 rings (SSSR count). The molecule has 0 atom stereocenters. The average Bonchev–Trinajstić information content (AvgIpc) is 2.93. The van der Waals surface area contributed by atoms with Crippen molar-refractivity contribution < 1.29 is 9.90 Å². The summed E-state index contributed by atoms with van der Waals surface area (Å²) < 4.78 is 1.73. The lowest BCUT2D eigenvalue weighted by Gasteiger charge is -1.99. The summed E-state index contributed by atoms with van der Waals surface area (Å²) in [7, 11) is 0. The van der Waals surface area contributed by atoms with E-state index in [0.717, 1.165) is 4.47 Å². The van der Waals surface area contributed by atoms with Gasteiger partial charge in [-0.15, -0.1) is 21.5 Å². The quantitative estimate of drug-likeness (QED) is 0.765. The van der Waals surface area contributed by atoms with E-state index in [4.69, 9.17) is 5.11 Å². The molecule has 0 amide bonds. The van der Waals surface area contributed by atoms with Crippen molar-refractivity contribution >= 4 is 61.5 Å². The maximum Gasteiger partial charge on any atom is 0.313 e. The largest absolute Gasteiger partial charge is 0.481 e. The predicted molar refractivity (Wildman–Crippen MR) is 77.6 cm³/mol. The number of aromatic nitrogens is 2. The lowest BCUT2D eigenvalue weighted by Crippen LogP contribution is -1.97. The summed E-state index contributed by atoms with van der Waals surface area (Å²) >= 11 is 7.64. The van der Waals surface area contributed by atoms with Crippen molar-refractivity contribution in [3.63, 3.8) is 0 Å². The number of nitrogens with one attached hydrogen (secondary N) is 1. The van der Waals surface area contributed by atoms with Gasteiger partial charge in [-0.3, -0.25) is 4.79 Å². The smallest absolute Gasteiger partial charge is 0.313 e. The molecular weight excluding hydrogens is 358 g/mol. The molecule has 96 valence electrons. The van der Waals surface area contributed by atoms with E-state index in [2.05, 4.69) is 31.4 Å². The molecule has 0 aliphatic carbocycles. The van der Waals surface area contributed by atoms with Crippen molar-refractivity contribution in [2.45, 2.75) is 10.9 Å². The van der Waals surface area contributed by atoms with Gasteiger partial charge in [-0.2, -0.15) is 0 Å². The van der Waals surface area contributed by atoms with Crippen LogP contribution in [0.5, 0.6) is 0 Å². The molecule has 0 saturated carbocycles. The van der Waals surface area contributed by atoms with Crippen molar-refractivity contribution in [1.29, 1.82) is 0 Å². The van der Waals surface area contributed by atoms with Gasteiger partial charge in [0.25, 0.3) is 0 Å². The number of carbonyl (C=O) groups is 1. The van der Waals surface area contributed by atoms with Crippen LogP contribution in [0.3, 0.4) is 0 Å². The third-order valence-electron chi connectivity index (χ3n) is 1.82. The van der Waals surface area contributed by atoms with E-state index >= 15 is 0 Å². The molecular formula is C9H8BrN3O2S3. The first kappa shape index (κ1) is 13.8. The van der Waals surface area contributed by atoms with Crippen LogP contribution in [0.15, 0.2) is 20.3 Å². The fraction of sp³-hybridized carbons (Fsp3) is 0.222. The van der Waals surface area contributed by atoms with Crippen LogP contribution in [0.25, 0.3) is 0 Å². The fourth-order valence-electron chi connectivity index (χ4n) is 1.07. The molecule has 0 unspecified atom stereocenters. The van der Waals surface area contributed by atoms with Gasteiger partial charge < -0.3 is 10.4 Å². The summed E-state index contributed by atoms with van der Waals surface area (Å²) in [4.78, 5) is 11.6. The van der Waals surface area contributed by atoms with Gasteiger partial charge in [0.15, 0.2) is 4.34 Å². The summed E-state index contributed by atoms with van der Waals surface area (Å²) in [6, 6.07) is 2.00. The van der Waals surface area contributed by atoms with Gasteiger partial charge in [-0.25, -0.2) is 0 Å². The Labute approximate surface area is 124 Å². The number of anilines is 1. The maximum atomic E-state index is 10.4. The van der Waals surface area contributed by atoms with Gasteiger partial charge in [-0.05, 0) is 27.4 Å². The summed E-state index contributed by atoms with van der Waals surface area (Å²) in [5.41, 5.74) is 0. The van der Waals surface area contributed by atoms with Crippen LogP contribution in [0.4, 0.5) is 5.13 Å². The van der Waals surface area contributed by atoms with Gasteiger partial charge in [0.05, 0.1) is 12.3 Å². The van der Waals surface area contributed by atoms with Gasteiger partial charge in [0.1, 0.15) is 0 Å². The summed E-state index contributed by atoms with van der Waals surface area (Å²) in [5, 5.41) is 22.3. The zero-order chi connectivity index (χ0) is 13.0. The minimum atomic E-state index is -0.854. The van der Waals surface area contributed by atoms with E-state index in [0.29, 0.717) is 16.0 Å². The van der Waals surface area contributed by atoms with E-state index in [-0.39, 0.29) is 5.75 Å². The molecule has 18 heavy (non-hydrogen) atoms. The highest BCUT2D eigenvalue weighted by Crippen LogP contribution is 2.27. The molecule has 2 heterocycles. The first-order chi connectivity index (χ1) is 8.65. The standard InChI is InChI=1S/C9H8BrN3O2S3/c10-5-1-2-16-6(5)3-11-8-12-13-9(18-8)17-4-7(14)15/h1-2H,3-4H2,(H,11,12)(H,14,15). The Morgan fingerprint density at radius 3 is 3.06 bits per heavy atom. The number of halogens is 1. The minimum absolute atomic E-state index is 0.00507. The number of carboxylic acid groups (broad SMARTS) is 1. The van der Waals surface area contributed by atoms with Crippen LogP contribution >= 0.6 is 50.4 Å². The molecule has 9 heteroatoms. The second-order valence-electron chi connectivity index (χ2n) is 3.10. The number of thioether (sulfide) groups is 1. The number of carboxylic acids is 1. The molecule has 0 fully saturated rings. The monoisotopic (exact) mass is 365 g/mol. The van der Waals surface area contributed by atoms with Crippen LogP contribution in [0.1, 0.15) is 4.88 Å². The predicted octanol–water partition coefficient (Wildman–Crippen LogP) is 3.15. The Kier molecular flexibility index (Phi) is 4.98. The SMILES string of the molecule is O=C(O)CSc1nnc(NCc2sccc2Br)s1. The molecule has 0 spiro atoms. The van der Waals surface area contributed by atoms with Crippen molar-refractivity contribution in [2.75, 3.05) is 11.1 Å². The van der Waals surface area contributed by atoms with Crippen molar-refractivity contribution in [3.8, 4) is 0 Å². The Morgan fingerprint density at radius 1 is 1.56 bits per heavy atom. The summed E-state index contributed by atoms with van der Waals surface area (Å²) in [6.45, 7) is 0.677. The first-order valence-electron chi connectivity index (χ1n) is 4.79. The molecule has 2 aromatic rings. The number of rotatable bonds is 6.